The predicted octanol–water partition coefficient (Wildman–Crippen LogP) is -2.65. The van der Waals surface area contributed by atoms with E-state index in [-0.39, 0.29) is 115 Å². The van der Waals surface area contributed by atoms with Crippen molar-refractivity contribution in [3.63, 3.8) is 0 Å². The van der Waals surface area contributed by atoms with Crippen molar-refractivity contribution in [2.75, 3.05) is 52.5 Å². The first-order valence-electron chi connectivity index (χ1n) is 46.0. The van der Waals surface area contributed by atoms with E-state index in [2.05, 4.69) is 84.7 Å². The molecule has 0 saturated heterocycles. The highest BCUT2D eigenvalue weighted by Gasteiger charge is 2.41. The number of benzene rings is 1. The van der Waals surface area contributed by atoms with E-state index < -0.39 is 223 Å². The Morgan fingerprint density at radius 2 is 0.589 bits per heavy atom. The lowest BCUT2D eigenvalue weighted by molar-refractivity contribution is -0.137. The lowest BCUT2D eigenvalue weighted by Crippen LogP contribution is -2.62. The van der Waals surface area contributed by atoms with E-state index in [4.69, 9.17) is 40.1 Å². The van der Waals surface area contributed by atoms with Gasteiger partial charge in [0.15, 0.2) is 0 Å². The molecule has 0 bridgehead atoms. The summed E-state index contributed by atoms with van der Waals surface area (Å²) in [6, 6.07) is -13.4. The van der Waals surface area contributed by atoms with Crippen LogP contribution in [0.3, 0.4) is 0 Å². The molecule has 0 spiro atoms. The van der Waals surface area contributed by atoms with Crippen LogP contribution in [0.15, 0.2) is 30.5 Å². The highest BCUT2D eigenvalue weighted by molar-refractivity contribution is 6.01. The maximum absolute atomic E-state index is 15.2. The van der Waals surface area contributed by atoms with E-state index in [0.29, 0.717) is 93.6 Å². The highest BCUT2D eigenvalue weighted by Crippen LogP contribution is 2.22. The SMILES string of the molecule is CC[C@H](C)[C@H](NC(=O)CN)C(=O)N[C@@H](CC(C)C)C(=O)N[C@@H](CO)C(=O)N[C@@H](CO)C(=O)N[C@@H](CC(C)C)C(=O)N[C@@H](Cc1c[nH]c2ccccc12)C(=O)N[C@@H](CCCCN)C(=O)N[C@@H](CCCCN)C(=O)N[C@@H](CC(C)C)C(=O)N[C@@H](CCCCN)C(=O)N[C@@H](CCCCN)C(=O)N[C@H](C(=O)N[C@H](C(=O)N[C@@H](C)C(=O)N[C@@H](CCCCN)C(N)=O)[C@@H](C)CC)[C@@H](C)CC. The summed E-state index contributed by atoms with van der Waals surface area (Å²) in [6.45, 7) is 21.3. The van der Waals surface area contributed by atoms with Gasteiger partial charge in [0.1, 0.15) is 90.6 Å². The number of carbonyl (C=O) groups is 16. The number of aliphatic hydroxyl groups is 2. The van der Waals surface area contributed by atoms with Gasteiger partial charge in [-0.2, -0.15) is 0 Å². The van der Waals surface area contributed by atoms with Gasteiger partial charge in [-0.25, -0.2) is 0 Å². The number of amides is 16. The number of aromatic nitrogens is 1. The fourth-order valence-electron chi connectivity index (χ4n) is 14.3. The lowest BCUT2D eigenvalue weighted by atomic mass is 9.94. The number of aromatic amines is 1. The molecule has 41 nitrogen and oxygen atoms in total. The molecule has 2 rings (SSSR count). The van der Waals surface area contributed by atoms with Crippen molar-refractivity contribution in [2.45, 2.75) is 322 Å². The second kappa shape index (κ2) is 62.3. The molecular formula is C88H157N23O18. The van der Waals surface area contributed by atoms with Crippen molar-refractivity contribution in [2.24, 2.45) is 75.6 Å². The first kappa shape index (κ1) is 115. The van der Waals surface area contributed by atoms with E-state index in [1.54, 1.807) is 114 Å². The summed E-state index contributed by atoms with van der Waals surface area (Å²) in [5.74, 6) is -15.5. The number of para-hydroxylation sites is 1. The first-order valence-corrected chi connectivity index (χ1v) is 46.0. The Labute approximate surface area is 759 Å². The number of primary amides is 1. The molecule has 129 heavy (non-hydrogen) atoms. The van der Waals surface area contributed by atoms with Gasteiger partial charge in [-0.3, -0.25) is 76.7 Å². The van der Waals surface area contributed by atoms with Crippen molar-refractivity contribution in [1.29, 1.82) is 0 Å². The van der Waals surface area contributed by atoms with Crippen LogP contribution in [0.1, 0.15) is 230 Å². The van der Waals surface area contributed by atoms with Gasteiger partial charge in [-0.15, -0.1) is 0 Å². The van der Waals surface area contributed by atoms with Crippen LogP contribution < -0.4 is 120 Å². The minimum absolute atomic E-state index is 0.000654. The van der Waals surface area contributed by atoms with Crippen molar-refractivity contribution in [3.8, 4) is 0 Å². The van der Waals surface area contributed by atoms with Gasteiger partial charge in [0.2, 0.25) is 94.5 Å². The van der Waals surface area contributed by atoms with Crippen molar-refractivity contribution >= 4 is 105 Å². The second-order valence-electron chi connectivity index (χ2n) is 34.9. The van der Waals surface area contributed by atoms with Crippen LogP contribution in [-0.4, -0.2) is 253 Å². The Morgan fingerprint density at radius 3 is 0.930 bits per heavy atom. The van der Waals surface area contributed by atoms with Crippen LogP contribution >= 0.6 is 0 Å². The molecule has 1 heterocycles. The number of unbranched alkanes of at least 4 members (excludes halogenated alkanes) is 5. The highest BCUT2D eigenvalue weighted by atomic mass is 16.3. The number of carbonyl (C=O) groups excluding carboxylic acids is 16. The maximum Gasteiger partial charge on any atom is 0.245 e. The molecule has 1 aromatic heterocycles. The Kier molecular flexibility index (Phi) is 55.5. The summed E-state index contributed by atoms with van der Waals surface area (Å²) < 4.78 is 0. The monoisotopic (exact) mass is 1820 g/mol. The van der Waals surface area contributed by atoms with Gasteiger partial charge in [0.25, 0.3) is 0 Å². The molecule has 0 aliphatic heterocycles. The van der Waals surface area contributed by atoms with Crippen molar-refractivity contribution in [1.82, 2.24) is 84.7 Å². The van der Waals surface area contributed by atoms with Crippen LogP contribution in [-0.2, 0) is 83.1 Å². The second-order valence-corrected chi connectivity index (χ2v) is 34.9. The van der Waals surface area contributed by atoms with Crippen LogP contribution in [0.2, 0.25) is 0 Å². The summed E-state index contributed by atoms with van der Waals surface area (Å²) in [6.07, 6.45) is 6.63. The molecule has 0 radical (unpaired) electrons. The quantitative estimate of drug-likeness (QED) is 0.0301. The molecule has 0 saturated carbocycles. The molecular weight excluding hydrogens is 1670 g/mol. The largest absolute Gasteiger partial charge is 0.394 e. The number of H-pyrrole nitrogens is 1. The smallest absolute Gasteiger partial charge is 0.245 e. The van der Waals surface area contributed by atoms with Crippen LogP contribution in [0.5, 0.6) is 0 Å². The number of rotatable bonds is 67. The molecule has 1 aromatic carbocycles. The predicted molar refractivity (Wildman–Crippen MR) is 490 cm³/mol. The number of nitrogens with one attached hydrogen (secondary N) is 16. The normalized spacial score (nSPS) is 15.7. The molecule has 32 N–H and O–H groups in total. The molecule has 16 amide bonds. The molecule has 732 valence electrons. The van der Waals surface area contributed by atoms with Gasteiger partial charge in [0.05, 0.1) is 19.8 Å². The van der Waals surface area contributed by atoms with E-state index in [9.17, 15) is 77.3 Å². The first-order chi connectivity index (χ1) is 61.2. The number of hydrogen-bond donors (Lipinski definition) is 25. The Morgan fingerprint density at radius 1 is 0.318 bits per heavy atom. The van der Waals surface area contributed by atoms with Crippen LogP contribution in [0, 0.1) is 35.5 Å². The number of hydrogen-bond acceptors (Lipinski definition) is 24. The Hall–Kier alpha value is -10.0. The van der Waals surface area contributed by atoms with Gasteiger partial charge in [-0.05, 0) is 202 Å². The zero-order chi connectivity index (χ0) is 97.2. The van der Waals surface area contributed by atoms with E-state index in [1.807, 2.05) is 0 Å². The van der Waals surface area contributed by atoms with E-state index in [1.165, 1.54) is 6.92 Å². The summed E-state index contributed by atoms with van der Waals surface area (Å²) in [5, 5.41) is 61.9. The summed E-state index contributed by atoms with van der Waals surface area (Å²) in [7, 11) is 0. The van der Waals surface area contributed by atoms with Crippen molar-refractivity contribution in [3.05, 3.63) is 36.0 Å². The van der Waals surface area contributed by atoms with Crippen LogP contribution in [0.25, 0.3) is 10.9 Å². The molecule has 0 unspecified atom stereocenters. The molecule has 18 atom stereocenters. The minimum atomic E-state index is -1.81. The van der Waals surface area contributed by atoms with E-state index >= 15 is 9.59 Å². The summed E-state index contributed by atoms with van der Waals surface area (Å²) in [4.78, 5) is 230. The average Bonchev–Trinajstić information content (AvgIpc) is 1.77. The molecule has 41 heteroatoms. The fourth-order valence-corrected chi connectivity index (χ4v) is 14.3. The van der Waals surface area contributed by atoms with Gasteiger partial charge in [-0.1, -0.05) is 121 Å². The van der Waals surface area contributed by atoms with Crippen molar-refractivity contribution < 1.29 is 86.9 Å². The van der Waals surface area contributed by atoms with Crippen LogP contribution in [0.4, 0.5) is 0 Å². The molecule has 0 aliphatic carbocycles. The maximum atomic E-state index is 15.2. The number of aliphatic hydroxyl groups excluding tert-OH is 2. The summed E-state index contributed by atoms with van der Waals surface area (Å²) in [5.41, 5.74) is 41.7. The zero-order valence-corrected chi connectivity index (χ0v) is 78.2. The lowest BCUT2D eigenvalue weighted by Gasteiger charge is -2.31. The number of fused-ring (bicyclic) bond motifs is 1. The zero-order valence-electron chi connectivity index (χ0n) is 78.2. The third kappa shape index (κ3) is 41.7. The third-order valence-electron chi connectivity index (χ3n) is 22.6. The third-order valence-corrected chi connectivity index (χ3v) is 22.6. The van der Waals surface area contributed by atoms with E-state index in [0.717, 1.165) is 0 Å². The standard InChI is InChI=1S/C88H157N23O18/c1-14-52(10)71(109-70(114)45-94)87(128)106-66(43-51(8)9)82(123)107-69(48-113)85(126)108-68(47-112)84(125)104-65(42-50(6)7)81(122)105-67(44-56-46-96-58-30-18-17-29-57(56)58)83(124)102-61(33-21-26-38-91)76(117)99-62(34-22-27-39-92)78(119)103-64(41-49(4)5)80(121)101-60(32-20-25-37-90)77(118)100-63(35-23-28-40-93)79(120)110-73(54(12)16-3)88(129)111-72(53(11)15-2)86(127)97-55(13)75(116)98-59(74(95)115)31-19-24-36-89/h17-18,29-30,46,49-55,59-69,71-73,96,112-113H,14-16,19-28,31-45,47-48,89-94H2,1-13H3,(H2,95,115)(H,97,127)(H,98,116)(H,99,117)(H,100,118)(H,101,121)(H,102,124)(H,103,119)(H,104,125)(H,105,122)(H,106,128)(H,107,123)(H,108,126)(H,109,114)(H,110,120)(H,111,129)/t52-,53-,54-,55-,59-,60-,61-,62-,63-,64-,65-,66-,67-,68-,69-,71-,72-,73-/m0/s1. The number of nitrogens with two attached hydrogens (primary N) is 7. The summed E-state index contributed by atoms with van der Waals surface area (Å²) >= 11 is 0. The molecule has 2 aromatic rings. The topological polar surface area (TPSA) is 692 Å². The molecule has 0 aliphatic rings. The minimum Gasteiger partial charge on any atom is -0.394 e. The van der Waals surface area contributed by atoms with Gasteiger partial charge >= 0.3 is 0 Å². The Bertz CT molecular complexity index is 3850. The Balaban J connectivity index is 2.63. The fraction of sp³-hybridized carbons (Fsp3) is 0.727. The van der Waals surface area contributed by atoms with Gasteiger partial charge in [0, 0.05) is 23.5 Å². The van der Waals surface area contributed by atoms with Gasteiger partial charge < -0.3 is 135 Å². The average molecular weight is 1830 g/mol. The molecule has 0 fully saturated rings.